The number of nitrogens with one attached hydrogen (secondary N) is 1. The van der Waals surface area contributed by atoms with Gasteiger partial charge in [0.2, 0.25) is 0 Å². The minimum atomic E-state index is -0.685. The predicted octanol–water partition coefficient (Wildman–Crippen LogP) is 0.335. The van der Waals surface area contributed by atoms with E-state index >= 15 is 0 Å². The van der Waals surface area contributed by atoms with Gasteiger partial charge in [-0.15, -0.1) is 0 Å². The molecule has 1 aromatic heterocycles. The monoisotopic (exact) mass is 213 g/mol. The van der Waals surface area contributed by atoms with Gasteiger partial charge in [0.1, 0.15) is 5.82 Å². The van der Waals surface area contributed by atoms with E-state index in [4.69, 9.17) is 0 Å². The normalized spacial score (nSPS) is 12.6. The van der Waals surface area contributed by atoms with Crippen molar-refractivity contribution >= 4 is 10.8 Å². The summed E-state index contributed by atoms with van der Waals surface area (Å²) < 4.78 is 10.7. The molecule has 14 heavy (non-hydrogen) atoms. The van der Waals surface area contributed by atoms with Crippen LogP contribution < -0.4 is 5.32 Å². The maximum absolute atomic E-state index is 10.7. The van der Waals surface area contributed by atoms with Crippen molar-refractivity contribution in [2.75, 3.05) is 18.6 Å². The quantitative estimate of drug-likeness (QED) is 0.692. The number of aromatic nitrogens is 2. The van der Waals surface area contributed by atoms with Gasteiger partial charge in [0.05, 0.1) is 6.54 Å². The molecule has 0 aromatic carbocycles. The van der Waals surface area contributed by atoms with E-state index in [2.05, 4.69) is 15.3 Å². The molecule has 1 heterocycles. The first-order valence-electron chi connectivity index (χ1n) is 4.55. The van der Waals surface area contributed by atoms with Crippen molar-refractivity contribution in [3.8, 4) is 0 Å². The summed E-state index contributed by atoms with van der Waals surface area (Å²) in [6, 6.07) is 1.80. The molecule has 0 saturated heterocycles. The molecule has 0 amide bonds. The second kappa shape index (κ2) is 6.62. The van der Waals surface area contributed by atoms with Crippen LogP contribution >= 0.6 is 0 Å². The van der Waals surface area contributed by atoms with Crippen molar-refractivity contribution in [2.24, 2.45) is 0 Å². The maximum Gasteiger partial charge on any atom is 0.141 e. The van der Waals surface area contributed by atoms with Crippen molar-refractivity contribution in [2.45, 2.75) is 13.0 Å². The molecule has 1 N–H and O–H groups in total. The van der Waals surface area contributed by atoms with Gasteiger partial charge in [-0.2, -0.15) is 0 Å². The summed E-state index contributed by atoms with van der Waals surface area (Å²) in [6.07, 6.45) is 6.10. The molecule has 0 radical (unpaired) electrons. The molecule has 78 valence electrons. The van der Waals surface area contributed by atoms with Gasteiger partial charge in [0, 0.05) is 35.2 Å². The minimum Gasteiger partial charge on any atom is -0.310 e. The molecule has 0 aliphatic carbocycles. The highest BCUT2D eigenvalue weighted by Crippen LogP contribution is 1.87. The summed E-state index contributed by atoms with van der Waals surface area (Å²) in [5.41, 5.74) is 0. The third kappa shape index (κ3) is 5.04. The Labute approximate surface area is 86.6 Å². The van der Waals surface area contributed by atoms with Gasteiger partial charge in [-0.25, -0.2) is 9.97 Å². The van der Waals surface area contributed by atoms with Crippen LogP contribution in [0.3, 0.4) is 0 Å². The van der Waals surface area contributed by atoms with E-state index in [1.807, 2.05) is 0 Å². The van der Waals surface area contributed by atoms with Crippen LogP contribution in [0.15, 0.2) is 18.5 Å². The SMILES string of the molecule is CS(=O)CCCNCc1ncccn1. The fourth-order valence-electron chi connectivity index (χ4n) is 1.02. The first-order chi connectivity index (χ1) is 6.79. The topological polar surface area (TPSA) is 54.9 Å². The lowest BCUT2D eigenvalue weighted by Crippen LogP contribution is -2.18. The molecule has 1 rings (SSSR count). The Morgan fingerprint density at radius 2 is 2.14 bits per heavy atom. The van der Waals surface area contributed by atoms with Crippen LogP contribution in [0.2, 0.25) is 0 Å². The minimum absolute atomic E-state index is 0.678. The summed E-state index contributed by atoms with van der Waals surface area (Å²) in [6.45, 7) is 1.54. The van der Waals surface area contributed by atoms with Crippen LogP contribution in [0.5, 0.6) is 0 Å². The highest BCUT2D eigenvalue weighted by molar-refractivity contribution is 7.84. The molecule has 5 heteroatoms. The summed E-state index contributed by atoms with van der Waals surface area (Å²) in [4.78, 5) is 8.16. The van der Waals surface area contributed by atoms with E-state index in [9.17, 15) is 4.21 Å². The zero-order valence-electron chi connectivity index (χ0n) is 8.27. The van der Waals surface area contributed by atoms with Gasteiger partial charge in [-0.1, -0.05) is 0 Å². The van der Waals surface area contributed by atoms with Crippen LogP contribution in [0, 0.1) is 0 Å². The standard InChI is InChI=1S/C9H15N3OS/c1-14(13)7-3-4-10-8-9-11-5-2-6-12-9/h2,5-6,10H,3-4,7-8H2,1H3. The lowest BCUT2D eigenvalue weighted by molar-refractivity contribution is 0.644. The Morgan fingerprint density at radius 1 is 1.43 bits per heavy atom. The van der Waals surface area contributed by atoms with Crippen LogP contribution in [-0.2, 0) is 17.3 Å². The van der Waals surface area contributed by atoms with E-state index in [1.165, 1.54) is 0 Å². The zero-order chi connectivity index (χ0) is 10.2. The fourth-order valence-corrected chi connectivity index (χ4v) is 1.57. The highest BCUT2D eigenvalue weighted by Gasteiger charge is 1.94. The van der Waals surface area contributed by atoms with Gasteiger partial charge in [0.15, 0.2) is 0 Å². The second-order valence-corrected chi connectivity index (χ2v) is 4.53. The third-order valence-electron chi connectivity index (χ3n) is 1.69. The number of hydrogen-bond acceptors (Lipinski definition) is 4. The van der Waals surface area contributed by atoms with Gasteiger partial charge in [0.25, 0.3) is 0 Å². The molecule has 0 bridgehead atoms. The van der Waals surface area contributed by atoms with Crippen LogP contribution in [0.1, 0.15) is 12.2 Å². The molecular formula is C9H15N3OS. The molecule has 1 unspecified atom stereocenters. The van der Waals surface area contributed by atoms with Gasteiger partial charge >= 0.3 is 0 Å². The second-order valence-electron chi connectivity index (χ2n) is 2.97. The molecular weight excluding hydrogens is 198 g/mol. The van der Waals surface area contributed by atoms with Crippen LogP contribution in [0.4, 0.5) is 0 Å². The third-order valence-corrected chi connectivity index (χ3v) is 2.55. The van der Waals surface area contributed by atoms with E-state index in [0.717, 1.165) is 24.5 Å². The van der Waals surface area contributed by atoms with Gasteiger partial charge in [-0.3, -0.25) is 4.21 Å². The van der Waals surface area contributed by atoms with Crippen molar-refractivity contribution in [3.63, 3.8) is 0 Å². The van der Waals surface area contributed by atoms with Crippen molar-refractivity contribution in [3.05, 3.63) is 24.3 Å². The average Bonchev–Trinajstić information content (AvgIpc) is 2.18. The van der Waals surface area contributed by atoms with E-state index in [1.54, 1.807) is 24.7 Å². The lowest BCUT2D eigenvalue weighted by Gasteiger charge is -2.01. The maximum atomic E-state index is 10.7. The summed E-state index contributed by atoms with van der Waals surface area (Å²) >= 11 is 0. The average molecular weight is 213 g/mol. The first kappa shape index (κ1) is 11.3. The van der Waals surface area contributed by atoms with Crippen molar-refractivity contribution in [1.82, 2.24) is 15.3 Å². The molecule has 1 aromatic rings. The van der Waals surface area contributed by atoms with Crippen molar-refractivity contribution < 1.29 is 4.21 Å². The van der Waals surface area contributed by atoms with Gasteiger partial charge < -0.3 is 5.32 Å². The number of nitrogens with zero attached hydrogens (tertiary/aromatic N) is 2. The largest absolute Gasteiger partial charge is 0.310 e. The Balaban J connectivity index is 2.08. The fraction of sp³-hybridized carbons (Fsp3) is 0.556. The molecule has 1 atom stereocenters. The molecule has 0 saturated carbocycles. The molecule has 4 nitrogen and oxygen atoms in total. The van der Waals surface area contributed by atoms with Gasteiger partial charge in [-0.05, 0) is 19.0 Å². The van der Waals surface area contributed by atoms with Crippen molar-refractivity contribution in [1.29, 1.82) is 0 Å². The molecule has 0 fully saturated rings. The summed E-state index contributed by atoms with van der Waals surface area (Å²) in [5, 5.41) is 3.20. The van der Waals surface area contributed by atoms with Crippen LogP contribution in [0.25, 0.3) is 0 Å². The number of rotatable bonds is 6. The zero-order valence-corrected chi connectivity index (χ0v) is 9.09. The highest BCUT2D eigenvalue weighted by atomic mass is 32.2. The Hall–Kier alpha value is -0.810. The molecule has 0 spiro atoms. The van der Waals surface area contributed by atoms with E-state index in [0.29, 0.717) is 6.54 Å². The smallest absolute Gasteiger partial charge is 0.141 e. The lowest BCUT2D eigenvalue weighted by atomic mass is 10.4. The number of hydrogen-bond donors (Lipinski definition) is 1. The van der Waals surface area contributed by atoms with Crippen LogP contribution in [-0.4, -0.2) is 32.7 Å². The Kier molecular flexibility index (Phi) is 5.32. The van der Waals surface area contributed by atoms with E-state index in [-0.39, 0.29) is 0 Å². The molecule has 0 aliphatic heterocycles. The Morgan fingerprint density at radius 3 is 2.79 bits per heavy atom. The molecule has 0 aliphatic rings. The Bertz CT molecular complexity index is 279. The predicted molar refractivity (Wildman–Crippen MR) is 57.3 cm³/mol. The summed E-state index contributed by atoms with van der Waals surface area (Å²) in [5.74, 6) is 1.55. The first-order valence-corrected chi connectivity index (χ1v) is 6.28. The summed E-state index contributed by atoms with van der Waals surface area (Å²) in [7, 11) is -0.685. The van der Waals surface area contributed by atoms with E-state index < -0.39 is 10.8 Å².